The second kappa shape index (κ2) is 4.36. The fourth-order valence-corrected chi connectivity index (χ4v) is 1.34. The van der Waals surface area contributed by atoms with E-state index in [0.717, 1.165) is 0 Å². The summed E-state index contributed by atoms with van der Waals surface area (Å²) in [5.74, 6) is 0.481. The van der Waals surface area contributed by atoms with Crippen molar-refractivity contribution in [3.05, 3.63) is 35.2 Å². The van der Waals surface area contributed by atoms with Gasteiger partial charge in [0.1, 0.15) is 5.75 Å². The Morgan fingerprint density at radius 1 is 1.38 bits per heavy atom. The van der Waals surface area contributed by atoms with Gasteiger partial charge in [0.25, 0.3) is 0 Å². The largest absolute Gasteiger partial charge is 0.497 e. The summed E-state index contributed by atoms with van der Waals surface area (Å²) in [4.78, 5) is 15.4. The quantitative estimate of drug-likeness (QED) is 0.561. The minimum absolute atomic E-state index is 0.0147. The highest BCUT2D eigenvalue weighted by molar-refractivity contribution is 6.02. The van der Waals surface area contributed by atoms with Crippen LogP contribution in [0.25, 0.3) is 4.85 Å². The number of Topliss-reactive ketones (excluding diaryl/α,β-unsaturated/α-hetero) is 1. The van der Waals surface area contributed by atoms with Crippen LogP contribution in [0.15, 0.2) is 18.2 Å². The summed E-state index contributed by atoms with van der Waals surface area (Å²) in [6.07, 6.45) is 0. The minimum atomic E-state index is -0.451. The number of carbonyl (C=O) groups excluding carboxylic acids is 1. The Labute approximate surface area is 95.9 Å². The molecule has 84 valence electrons. The van der Waals surface area contributed by atoms with Crippen molar-refractivity contribution in [2.24, 2.45) is 5.41 Å². The summed E-state index contributed by atoms with van der Waals surface area (Å²) in [6, 6.07) is 4.88. The van der Waals surface area contributed by atoms with Crippen molar-refractivity contribution in [2.45, 2.75) is 20.8 Å². The highest BCUT2D eigenvalue weighted by atomic mass is 16.5. The van der Waals surface area contributed by atoms with Crippen LogP contribution < -0.4 is 4.74 Å². The Balaban J connectivity index is 3.26. The number of carbonyl (C=O) groups is 1. The summed E-state index contributed by atoms with van der Waals surface area (Å²) < 4.78 is 5.14. The first-order valence-electron chi connectivity index (χ1n) is 5.00. The van der Waals surface area contributed by atoms with Gasteiger partial charge in [-0.15, -0.1) is 0 Å². The van der Waals surface area contributed by atoms with Crippen molar-refractivity contribution in [1.82, 2.24) is 0 Å². The Kier molecular flexibility index (Phi) is 3.34. The Morgan fingerprint density at radius 3 is 2.44 bits per heavy atom. The summed E-state index contributed by atoms with van der Waals surface area (Å²) in [6.45, 7) is 12.5. The molecule has 0 N–H and O–H groups in total. The van der Waals surface area contributed by atoms with E-state index in [9.17, 15) is 4.79 Å². The molecule has 0 amide bonds. The van der Waals surface area contributed by atoms with Crippen LogP contribution in [0.2, 0.25) is 0 Å². The topological polar surface area (TPSA) is 30.7 Å². The van der Waals surface area contributed by atoms with Crippen molar-refractivity contribution < 1.29 is 9.53 Å². The zero-order valence-electron chi connectivity index (χ0n) is 10.00. The first-order valence-corrected chi connectivity index (χ1v) is 5.00. The Hall–Kier alpha value is -1.82. The number of nitrogens with zero attached hydrogens (tertiary/aromatic N) is 1. The van der Waals surface area contributed by atoms with E-state index in [1.54, 1.807) is 18.2 Å². The van der Waals surface area contributed by atoms with E-state index >= 15 is 0 Å². The van der Waals surface area contributed by atoms with Gasteiger partial charge in [-0.05, 0) is 6.07 Å². The van der Waals surface area contributed by atoms with Crippen LogP contribution in [-0.4, -0.2) is 12.9 Å². The first kappa shape index (κ1) is 12.3. The summed E-state index contributed by atoms with van der Waals surface area (Å²) in [5.41, 5.74) is 0.553. The number of ketones is 1. The molecule has 0 fully saturated rings. The molecular formula is C13H15NO2. The average Bonchev–Trinajstić information content (AvgIpc) is 2.26. The maximum Gasteiger partial charge on any atom is 0.190 e. The highest BCUT2D eigenvalue weighted by Gasteiger charge is 2.25. The number of hydrogen-bond acceptors (Lipinski definition) is 2. The minimum Gasteiger partial charge on any atom is -0.497 e. The molecule has 0 heterocycles. The molecule has 0 saturated heterocycles. The first-order chi connectivity index (χ1) is 7.40. The van der Waals surface area contributed by atoms with E-state index in [4.69, 9.17) is 11.3 Å². The van der Waals surface area contributed by atoms with Crippen molar-refractivity contribution in [1.29, 1.82) is 0 Å². The molecule has 16 heavy (non-hydrogen) atoms. The van der Waals surface area contributed by atoms with Crippen molar-refractivity contribution in [2.75, 3.05) is 7.11 Å². The van der Waals surface area contributed by atoms with Crippen LogP contribution in [-0.2, 0) is 0 Å². The van der Waals surface area contributed by atoms with E-state index < -0.39 is 5.41 Å². The zero-order chi connectivity index (χ0) is 12.3. The number of methoxy groups -OCH3 is 1. The Bertz CT molecular complexity index is 450. The van der Waals surface area contributed by atoms with Crippen LogP contribution >= 0.6 is 0 Å². The molecule has 3 nitrogen and oxygen atoms in total. The van der Waals surface area contributed by atoms with Gasteiger partial charge in [-0.1, -0.05) is 32.9 Å². The molecule has 1 rings (SSSR count). The maximum atomic E-state index is 12.1. The van der Waals surface area contributed by atoms with Crippen LogP contribution in [0, 0.1) is 12.0 Å². The van der Waals surface area contributed by atoms with Crippen molar-refractivity contribution in [3.8, 4) is 5.75 Å². The molecule has 0 aromatic heterocycles. The van der Waals surface area contributed by atoms with Gasteiger partial charge in [-0.25, -0.2) is 4.85 Å². The normalized spacial score (nSPS) is 10.7. The molecule has 1 aromatic carbocycles. The lowest BCUT2D eigenvalue weighted by molar-refractivity contribution is 0.0855. The van der Waals surface area contributed by atoms with E-state index in [1.807, 2.05) is 20.8 Å². The molecule has 0 spiro atoms. The fraction of sp³-hybridized carbons (Fsp3) is 0.385. The van der Waals surface area contributed by atoms with Crippen molar-refractivity contribution in [3.63, 3.8) is 0 Å². The monoisotopic (exact) mass is 217 g/mol. The lowest BCUT2D eigenvalue weighted by Gasteiger charge is -2.18. The summed E-state index contributed by atoms with van der Waals surface area (Å²) in [5, 5.41) is 0. The van der Waals surface area contributed by atoms with Gasteiger partial charge in [-0.2, -0.15) is 0 Å². The van der Waals surface area contributed by atoms with Gasteiger partial charge in [-0.3, -0.25) is 4.79 Å². The van der Waals surface area contributed by atoms with Gasteiger partial charge in [0.2, 0.25) is 0 Å². The van der Waals surface area contributed by atoms with Gasteiger partial charge in [0.15, 0.2) is 11.5 Å². The highest BCUT2D eigenvalue weighted by Crippen LogP contribution is 2.30. The maximum absolute atomic E-state index is 12.1. The molecular weight excluding hydrogens is 202 g/mol. The molecule has 0 aliphatic rings. The summed E-state index contributed by atoms with van der Waals surface area (Å²) >= 11 is 0. The van der Waals surface area contributed by atoms with Crippen LogP contribution in [0.1, 0.15) is 31.1 Å². The van der Waals surface area contributed by atoms with E-state index in [-0.39, 0.29) is 5.78 Å². The van der Waals surface area contributed by atoms with E-state index in [0.29, 0.717) is 17.0 Å². The number of benzene rings is 1. The molecule has 0 aliphatic carbocycles. The molecule has 1 aromatic rings. The summed E-state index contributed by atoms with van der Waals surface area (Å²) in [7, 11) is 1.50. The lowest BCUT2D eigenvalue weighted by atomic mass is 9.86. The molecule has 0 atom stereocenters. The van der Waals surface area contributed by atoms with Gasteiger partial charge < -0.3 is 4.74 Å². The Morgan fingerprint density at radius 2 is 2.00 bits per heavy atom. The van der Waals surface area contributed by atoms with Gasteiger partial charge >= 0.3 is 0 Å². The van der Waals surface area contributed by atoms with Crippen LogP contribution in [0.4, 0.5) is 5.69 Å². The number of hydrogen-bond donors (Lipinski definition) is 0. The van der Waals surface area contributed by atoms with Gasteiger partial charge in [0.05, 0.1) is 19.2 Å². The third kappa shape index (κ3) is 2.40. The SMILES string of the molecule is [C-]#[N+]c1ccc(C(=O)C(C)(C)C)c(OC)c1. The van der Waals surface area contributed by atoms with Crippen molar-refractivity contribution >= 4 is 11.5 Å². The number of ether oxygens (including phenoxy) is 1. The molecule has 3 heteroatoms. The third-order valence-corrected chi connectivity index (χ3v) is 2.24. The molecule has 0 radical (unpaired) electrons. The van der Waals surface area contributed by atoms with E-state index in [1.165, 1.54) is 7.11 Å². The third-order valence-electron chi connectivity index (χ3n) is 2.24. The van der Waals surface area contributed by atoms with Gasteiger partial charge in [0, 0.05) is 5.41 Å². The lowest BCUT2D eigenvalue weighted by Crippen LogP contribution is -2.20. The zero-order valence-corrected chi connectivity index (χ0v) is 10.00. The molecule has 0 saturated carbocycles. The molecule has 0 bridgehead atoms. The van der Waals surface area contributed by atoms with Crippen LogP contribution in [0.3, 0.4) is 0 Å². The van der Waals surface area contributed by atoms with E-state index in [2.05, 4.69) is 4.85 Å². The smallest absolute Gasteiger partial charge is 0.190 e. The molecule has 0 aliphatic heterocycles. The van der Waals surface area contributed by atoms with Crippen LogP contribution in [0.5, 0.6) is 5.75 Å². The standard InChI is InChI=1S/C13H15NO2/c1-13(2,3)12(15)10-7-6-9(14-4)8-11(10)16-5/h6-8H,1-3,5H3. The molecule has 0 unspecified atom stereocenters. The fourth-order valence-electron chi connectivity index (χ4n) is 1.34. The second-order valence-electron chi connectivity index (χ2n) is 4.58. The average molecular weight is 217 g/mol. The predicted molar refractivity (Wildman–Crippen MR) is 63.0 cm³/mol. The second-order valence-corrected chi connectivity index (χ2v) is 4.58. The number of rotatable bonds is 2. The predicted octanol–water partition coefficient (Wildman–Crippen LogP) is 3.47.